The number of sulfonamides is 1. The lowest BCUT2D eigenvalue weighted by atomic mass is 10.1. The second-order valence-electron chi connectivity index (χ2n) is 4.69. The molecule has 5 heteroatoms. The summed E-state index contributed by atoms with van der Waals surface area (Å²) in [5, 5.41) is 0.687. The highest BCUT2D eigenvalue weighted by Crippen LogP contribution is 2.20. The summed E-state index contributed by atoms with van der Waals surface area (Å²) in [5.41, 5.74) is 3.62. The van der Waals surface area contributed by atoms with Crippen LogP contribution in [-0.2, 0) is 15.4 Å². The Kier molecular flexibility index (Phi) is 4.50. The number of halogens is 1. The van der Waals surface area contributed by atoms with Gasteiger partial charge in [0.1, 0.15) is 0 Å². The molecule has 20 heavy (non-hydrogen) atoms. The highest BCUT2D eigenvalue weighted by Gasteiger charge is 2.14. The first kappa shape index (κ1) is 15.1. The molecule has 106 valence electrons. The van der Waals surface area contributed by atoms with Gasteiger partial charge in [-0.1, -0.05) is 34.1 Å². The molecular formula is C15H16BrNO2S. The van der Waals surface area contributed by atoms with Gasteiger partial charge in [0.25, 0.3) is 10.0 Å². The number of rotatable bonds is 4. The molecule has 2 aromatic carbocycles. The van der Waals surface area contributed by atoms with Gasteiger partial charge in [0.05, 0.1) is 4.90 Å². The van der Waals surface area contributed by atoms with Gasteiger partial charge in [-0.3, -0.25) is 4.72 Å². The van der Waals surface area contributed by atoms with Crippen LogP contribution in [0.4, 0.5) is 5.69 Å². The van der Waals surface area contributed by atoms with Crippen molar-refractivity contribution in [3.8, 4) is 0 Å². The maximum Gasteiger partial charge on any atom is 0.261 e. The summed E-state index contributed by atoms with van der Waals surface area (Å²) in [5.74, 6) is 0. The van der Waals surface area contributed by atoms with Gasteiger partial charge < -0.3 is 0 Å². The Morgan fingerprint density at radius 3 is 2.45 bits per heavy atom. The zero-order valence-corrected chi connectivity index (χ0v) is 13.8. The molecule has 0 aromatic heterocycles. The molecule has 0 bridgehead atoms. The van der Waals surface area contributed by atoms with Crippen molar-refractivity contribution in [1.29, 1.82) is 0 Å². The molecule has 0 unspecified atom stereocenters. The molecular weight excluding hydrogens is 338 g/mol. The van der Waals surface area contributed by atoms with Gasteiger partial charge in [-0.25, -0.2) is 8.42 Å². The molecule has 0 aliphatic rings. The predicted octanol–water partition coefficient (Wildman–Crippen LogP) is 4.00. The Morgan fingerprint density at radius 1 is 1.05 bits per heavy atom. The van der Waals surface area contributed by atoms with E-state index < -0.39 is 10.0 Å². The molecule has 0 atom stereocenters. The standard InChI is InChI=1S/C15H16BrNO2S/c1-11-6-7-15(8-12(11)2)20(18,19)17-14-5-3-4-13(9-14)10-16/h3-9,17H,10H2,1-2H3. The van der Waals surface area contributed by atoms with Gasteiger partial charge in [0.2, 0.25) is 0 Å². The van der Waals surface area contributed by atoms with E-state index in [0.717, 1.165) is 16.7 Å². The molecule has 0 saturated carbocycles. The van der Waals surface area contributed by atoms with Crippen LogP contribution in [0.25, 0.3) is 0 Å². The summed E-state index contributed by atoms with van der Waals surface area (Å²) in [6.45, 7) is 3.86. The van der Waals surface area contributed by atoms with Crippen LogP contribution >= 0.6 is 15.9 Å². The number of alkyl halides is 1. The second kappa shape index (κ2) is 5.97. The molecule has 0 spiro atoms. The van der Waals surface area contributed by atoms with Crippen LogP contribution in [-0.4, -0.2) is 8.42 Å². The average molecular weight is 354 g/mol. The van der Waals surface area contributed by atoms with E-state index in [1.54, 1.807) is 18.2 Å². The van der Waals surface area contributed by atoms with E-state index in [1.165, 1.54) is 0 Å². The summed E-state index contributed by atoms with van der Waals surface area (Å²) in [6.07, 6.45) is 0. The third kappa shape index (κ3) is 3.41. The minimum absolute atomic E-state index is 0.282. The van der Waals surface area contributed by atoms with Crippen LogP contribution in [0.3, 0.4) is 0 Å². The first-order chi connectivity index (χ1) is 9.42. The second-order valence-corrected chi connectivity index (χ2v) is 6.93. The lowest BCUT2D eigenvalue weighted by Crippen LogP contribution is -2.13. The Balaban J connectivity index is 2.32. The largest absolute Gasteiger partial charge is 0.280 e. The van der Waals surface area contributed by atoms with Crippen LogP contribution in [0.5, 0.6) is 0 Å². The fraction of sp³-hybridized carbons (Fsp3) is 0.200. The first-order valence-corrected chi connectivity index (χ1v) is 8.78. The fourth-order valence-electron chi connectivity index (χ4n) is 1.81. The topological polar surface area (TPSA) is 46.2 Å². The molecule has 2 aromatic rings. The van der Waals surface area contributed by atoms with Crippen molar-refractivity contribution in [1.82, 2.24) is 0 Å². The van der Waals surface area contributed by atoms with E-state index in [4.69, 9.17) is 0 Å². The number of benzene rings is 2. The lowest BCUT2D eigenvalue weighted by molar-refractivity contribution is 0.601. The van der Waals surface area contributed by atoms with E-state index in [9.17, 15) is 8.42 Å². The van der Waals surface area contributed by atoms with Gasteiger partial charge in [-0.15, -0.1) is 0 Å². The Labute approximate surface area is 128 Å². The van der Waals surface area contributed by atoms with E-state index in [0.29, 0.717) is 11.0 Å². The summed E-state index contributed by atoms with van der Waals surface area (Å²) < 4.78 is 27.3. The Bertz CT molecular complexity index is 726. The minimum atomic E-state index is -3.54. The molecule has 0 aliphatic heterocycles. The van der Waals surface area contributed by atoms with Crippen molar-refractivity contribution in [3.63, 3.8) is 0 Å². The summed E-state index contributed by atoms with van der Waals surface area (Å²) in [6, 6.07) is 12.4. The maximum atomic E-state index is 12.3. The van der Waals surface area contributed by atoms with Crippen LogP contribution in [0.15, 0.2) is 47.4 Å². The molecule has 0 radical (unpaired) electrons. The Morgan fingerprint density at radius 2 is 1.80 bits per heavy atom. The van der Waals surface area contributed by atoms with Crippen molar-refractivity contribution in [2.75, 3.05) is 4.72 Å². The molecule has 0 heterocycles. The van der Waals surface area contributed by atoms with Crippen LogP contribution in [0, 0.1) is 13.8 Å². The number of hydrogen-bond acceptors (Lipinski definition) is 2. The van der Waals surface area contributed by atoms with Gasteiger partial charge in [-0.2, -0.15) is 0 Å². The van der Waals surface area contributed by atoms with Gasteiger partial charge in [-0.05, 0) is 54.8 Å². The van der Waals surface area contributed by atoms with E-state index in [2.05, 4.69) is 20.7 Å². The zero-order chi connectivity index (χ0) is 14.8. The molecule has 1 N–H and O–H groups in total. The van der Waals surface area contributed by atoms with Crippen molar-refractivity contribution in [2.45, 2.75) is 24.1 Å². The monoisotopic (exact) mass is 353 g/mol. The quantitative estimate of drug-likeness (QED) is 0.844. The van der Waals surface area contributed by atoms with Gasteiger partial charge in [0, 0.05) is 11.0 Å². The molecule has 0 aliphatic carbocycles. The Hall–Kier alpha value is -1.33. The van der Waals surface area contributed by atoms with Crippen LogP contribution < -0.4 is 4.72 Å². The smallest absolute Gasteiger partial charge is 0.261 e. The summed E-state index contributed by atoms with van der Waals surface area (Å²) in [7, 11) is -3.54. The number of hydrogen-bond donors (Lipinski definition) is 1. The molecule has 0 amide bonds. The lowest BCUT2D eigenvalue weighted by Gasteiger charge is -2.10. The molecule has 0 fully saturated rings. The molecule has 2 rings (SSSR count). The van der Waals surface area contributed by atoms with Crippen molar-refractivity contribution in [3.05, 3.63) is 59.2 Å². The number of anilines is 1. The minimum Gasteiger partial charge on any atom is -0.280 e. The van der Waals surface area contributed by atoms with Crippen LogP contribution in [0.1, 0.15) is 16.7 Å². The van der Waals surface area contributed by atoms with E-state index in [-0.39, 0.29) is 4.90 Å². The normalized spacial score (nSPS) is 11.3. The first-order valence-electron chi connectivity index (χ1n) is 6.17. The van der Waals surface area contributed by atoms with Crippen LogP contribution in [0.2, 0.25) is 0 Å². The SMILES string of the molecule is Cc1ccc(S(=O)(=O)Nc2cccc(CBr)c2)cc1C. The zero-order valence-electron chi connectivity index (χ0n) is 11.4. The highest BCUT2D eigenvalue weighted by atomic mass is 79.9. The fourth-order valence-corrected chi connectivity index (χ4v) is 3.30. The predicted molar refractivity (Wildman–Crippen MR) is 85.8 cm³/mol. The summed E-state index contributed by atoms with van der Waals surface area (Å²) >= 11 is 3.36. The third-order valence-corrected chi connectivity index (χ3v) is 5.15. The van der Waals surface area contributed by atoms with Crippen molar-refractivity contribution < 1.29 is 8.42 Å². The van der Waals surface area contributed by atoms with Crippen molar-refractivity contribution in [2.24, 2.45) is 0 Å². The highest BCUT2D eigenvalue weighted by molar-refractivity contribution is 9.08. The number of nitrogens with one attached hydrogen (secondary N) is 1. The summed E-state index contributed by atoms with van der Waals surface area (Å²) in [4.78, 5) is 0.282. The maximum absolute atomic E-state index is 12.3. The molecule has 0 saturated heterocycles. The van der Waals surface area contributed by atoms with E-state index in [1.807, 2.05) is 38.1 Å². The number of aryl methyl sites for hydroxylation is 2. The van der Waals surface area contributed by atoms with E-state index >= 15 is 0 Å². The van der Waals surface area contributed by atoms with Gasteiger partial charge in [0.15, 0.2) is 0 Å². The molecule has 3 nitrogen and oxygen atoms in total. The third-order valence-electron chi connectivity index (χ3n) is 3.12. The van der Waals surface area contributed by atoms with Gasteiger partial charge >= 0.3 is 0 Å². The average Bonchev–Trinajstić information content (AvgIpc) is 2.41. The van der Waals surface area contributed by atoms with Crippen molar-refractivity contribution >= 4 is 31.6 Å².